The molecule has 0 unspecified atom stereocenters. The summed E-state index contributed by atoms with van der Waals surface area (Å²) in [5.41, 5.74) is 2.00. The summed E-state index contributed by atoms with van der Waals surface area (Å²) in [6.07, 6.45) is 6.82. The van der Waals surface area contributed by atoms with E-state index >= 15 is 0 Å². The van der Waals surface area contributed by atoms with Crippen molar-refractivity contribution in [1.82, 2.24) is 20.2 Å². The monoisotopic (exact) mass is 242 g/mol. The van der Waals surface area contributed by atoms with E-state index in [1.807, 2.05) is 6.07 Å². The SMILES string of the molecule is CN1C(=O)N/C(=C\c2c[nH]c3cnccc23)C1=O. The van der Waals surface area contributed by atoms with Gasteiger partial charge in [-0.2, -0.15) is 0 Å². The number of aromatic amines is 1. The number of imide groups is 1. The molecule has 0 aromatic carbocycles. The van der Waals surface area contributed by atoms with Crippen LogP contribution in [-0.2, 0) is 4.79 Å². The third kappa shape index (κ3) is 1.46. The Morgan fingerprint density at radius 2 is 2.22 bits per heavy atom. The number of carbonyl (C=O) groups is 2. The predicted molar refractivity (Wildman–Crippen MR) is 65.4 cm³/mol. The molecule has 6 heteroatoms. The fraction of sp³-hybridized carbons (Fsp3) is 0.0833. The summed E-state index contributed by atoms with van der Waals surface area (Å²) in [6, 6.07) is 1.44. The van der Waals surface area contributed by atoms with Crippen LogP contribution in [0.2, 0.25) is 0 Å². The van der Waals surface area contributed by atoms with Crippen molar-refractivity contribution < 1.29 is 9.59 Å². The molecular formula is C12H10N4O2. The van der Waals surface area contributed by atoms with Gasteiger partial charge in [-0.25, -0.2) is 4.79 Å². The Bertz CT molecular complexity index is 686. The van der Waals surface area contributed by atoms with Crippen LogP contribution in [0, 0.1) is 0 Å². The van der Waals surface area contributed by atoms with Gasteiger partial charge in [0, 0.05) is 30.4 Å². The van der Waals surface area contributed by atoms with E-state index < -0.39 is 6.03 Å². The van der Waals surface area contributed by atoms with E-state index in [0.29, 0.717) is 0 Å². The lowest BCUT2D eigenvalue weighted by molar-refractivity contribution is -0.121. The molecular weight excluding hydrogens is 232 g/mol. The van der Waals surface area contributed by atoms with Gasteiger partial charge in [0.05, 0.1) is 11.7 Å². The molecule has 0 radical (unpaired) electrons. The molecule has 2 N–H and O–H groups in total. The summed E-state index contributed by atoms with van der Waals surface area (Å²) in [7, 11) is 1.44. The van der Waals surface area contributed by atoms with Crippen LogP contribution in [0.25, 0.3) is 17.0 Å². The Labute approximate surface area is 102 Å². The first-order valence-corrected chi connectivity index (χ1v) is 5.38. The Morgan fingerprint density at radius 1 is 1.39 bits per heavy atom. The van der Waals surface area contributed by atoms with Crippen LogP contribution in [0.1, 0.15) is 5.56 Å². The van der Waals surface area contributed by atoms with Crippen molar-refractivity contribution in [3.05, 3.63) is 35.9 Å². The van der Waals surface area contributed by atoms with Gasteiger partial charge in [0.25, 0.3) is 5.91 Å². The minimum absolute atomic E-state index is 0.278. The summed E-state index contributed by atoms with van der Waals surface area (Å²) in [4.78, 5) is 31.2. The molecule has 1 saturated heterocycles. The lowest BCUT2D eigenvalue weighted by Gasteiger charge is -1.99. The lowest BCUT2D eigenvalue weighted by atomic mass is 10.2. The topological polar surface area (TPSA) is 78.1 Å². The van der Waals surface area contributed by atoms with E-state index in [4.69, 9.17) is 0 Å². The van der Waals surface area contributed by atoms with Gasteiger partial charge in [0.15, 0.2) is 0 Å². The third-order valence-electron chi connectivity index (χ3n) is 2.90. The van der Waals surface area contributed by atoms with Crippen LogP contribution in [0.5, 0.6) is 0 Å². The highest BCUT2D eigenvalue weighted by molar-refractivity contribution is 6.14. The van der Waals surface area contributed by atoms with Crippen molar-refractivity contribution in [3.8, 4) is 0 Å². The zero-order valence-corrected chi connectivity index (χ0v) is 9.60. The minimum atomic E-state index is -0.409. The molecule has 0 spiro atoms. The van der Waals surface area contributed by atoms with E-state index in [9.17, 15) is 9.59 Å². The highest BCUT2D eigenvalue weighted by atomic mass is 16.2. The molecule has 6 nitrogen and oxygen atoms in total. The van der Waals surface area contributed by atoms with Crippen LogP contribution in [-0.4, -0.2) is 33.9 Å². The van der Waals surface area contributed by atoms with Crippen LogP contribution >= 0.6 is 0 Å². The molecule has 2 aromatic heterocycles. The number of pyridine rings is 1. The van der Waals surface area contributed by atoms with E-state index in [0.717, 1.165) is 21.4 Å². The van der Waals surface area contributed by atoms with E-state index in [1.165, 1.54) is 7.05 Å². The summed E-state index contributed by atoms with van der Waals surface area (Å²) >= 11 is 0. The molecule has 90 valence electrons. The molecule has 2 aromatic rings. The van der Waals surface area contributed by atoms with E-state index in [2.05, 4.69) is 15.3 Å². The fourth-order valence-corrected chi connectivity index (χ4v) is 1.89. The molecule has 1 aliphatic heterocycles. The quantitative estimate of drug-likeness (QED) is 0.580. The van der Waals surface area contributed by atoms with Gasteiger partial charge < -0.3 is 10.3 Å². The summed E-state index contributed by atoms with van der Waals surface area (Å²) in [5, 5.41) is 3.48. The molecule has 1 fully saturated rings. The number of hydrogen-bond donors (Lipinski definition) is 2. The maximum atomic E-state index is 11.7. The number of hydrogen-bond acceptors (Lipinski definition) is 3. The molecule has 0 saturated carbocycles. The van der Waals surface area contributed by atoms with Crippen LogP contribution in [0.3, 0.4) is 0 Å². The van der Waals surface area contributed by atoms with Crippen molar-refractivity contribution >= 4 is 28.9 Å². The number of carbonyl (C=O) groups excluding carboxylic acids is 2. The Balaban J connectivity index is 2.07. The van der Waals surface area contributed by atoms with Gasteiger partial charge in [-0.15, -0.1) is 0 Å². The predicted octanol–water partition coefficient (Wildman–Crippen LogP) is 1.09. The van der Waals surface area contributed by atoms with Gasteiger partial charge in [-0.1, -0.05) is 0 Å². The number of H-pyrrole nitrogens is 1. The van der Waals surface area contributed by atoms with Crippen LogP contribution in [0.15, 0.2) is 30.4 Å². The van der Waals surface area contributed by atoms with E-state index in [1.54, 1.807) is 24.7 Å². The lowest BCUT2D eigenvalue weighted by Crippen LogP contribution is -2.25. The maximum Gasteiger partial charge on any atom is 0.328 e. The normalized spacial score (nSPS) is 17.8. The third-order valence-corrected chi connectivity index (χ3v) is 2.90. The number of likely N-dealkylation sites (N-methyl/N-ethyl adjacent to an activating group) is 1. The highest BCUT2D eigenvalue weighted by Gasteiger charge is 2.30. The van der Waals surface area contributed by atoms with Crippen molar-refractivity contribution in [2.45, 2.75) is 0 Å². The van der Waals surface area contributed by atoms with Gasteiger partial charge in [0.1, 0.15) is 5.70 Å². The van der Waals surface area contributed by atoms with Gasteiger partial charge in [-0.05, 0) is 12.1 Å². The maximum absolute atomic E-state index is 11.7. The van der Waals surface area contributed by atoms with Crippen molar-refractivity contribution in [1.29, 1.82) is 0 Å². The van der Waals surface area contributed by atoms with E-state index in [-0.39, 0.29) is 11.6 Å². The molecule has 1 aliphatic rings. The zero-order chi connectivity index (χ0) is 12.7. The number of aromatic nitrogens is 2. The van der Waals surface area contributed by atoms with Crippen molar-refractivity contribution in [2.24, 2.45) is 0 Å². The smallest absolute Gasteiger partial charge is 0.328 e. The van der Waals surface area contributed by atoms with Crippen LogP contribution < -0.4 is 5.32 Å². The molecule has 0 atom stereocenters. The standard InChI is InChI=1S/C12H10N4O2/c1-16-11(17)9(15-12(16)18)4-7-5-14-10-6-13-3-2-8(7)10/h2-6,14H,1H3,(H,15,18)/b9-4-. The Morgan fingerprint density at radius 3 is 2.94 bits per heavy atom. The molecule has 3 amide bonds. The first-order chi connectivity index (χ1) is 8.66. The zero-order valence-electron chi connectivity index (χ0n) is 9.60. The molecule has 3 rings (SSSR count). The van der Waals surface area contributed by atoms with Crippen molar-refractivity contribution in [2.75, 3.05) is 7.05 Å². The highest BCUT2D eigenvalue weighted by Crippen LogP contribution is 2.20. The number of fused-ring (bicyclic) bond motifs is 1. The van der Waals surface area contributed by atoms with Crippen molar-refractivity contribution in [3.63, 3.8) is 0 Å². The second kappa shape index (κ2) is 3.69. The average molecular weight is 242 g/mol. The minimum Gasteiger partial charge on any atom is -0.359 e. The number of nitrogens with one attached hydrogen (secondary N) is 2. The fourth-order valence-electron chi connectivity index (χ4n) is 1.89. The number of rotatable bonds is 1. The Hall–Kier alpha value is -2.63. The Kier molecular flexibility index (Phi) is 2.16. The summed E-state index contributed by atoms with van der Waals surface area (Å²) in [5.74, 6) is -0.330. The second-order valence-corrected chi connectivity index (χ2v) is 4.02. The average Bonchev–Trinajstić information content (AvgIpc) is 2.89. The molecule has 18 heavy (non-hydrogen) atoms. The van der Waals surface area contributed by atoms with Crippen LogP contribution in [0.4, 0.5) is 4.79 Å². The number of urea groups is 1. The first kappa shape index (κ1) is 10.5. The molecule has 3 heterocycles. The number of nitrogens with zero attached hydrogens (tertiary/aromatic N) is 2. The van der Waals surface area contributed by atoms with Gasteiger partial charge in [-0.3, -0.25) is 14.7 Å². The molecule has 0 aliphatic carbocycles. The molecule has 0 bridgehead atoms. The second-order valence-electron chi connectivity index (χ2n) is 4.02. The summed E-state index contributed by atoms with van der Waals surface area (Å²) in [6.45, 7) is 0. The number of amides is 3. The largest absolute Gasteiger partial charge is 0.359 e. The van der Waals surface area contributed by atoms with Gasteiger partial charge >= 0.3 is 6.03 Å². The van der Waals surface area contributed by atoms with Gasteiger partial charge in [0.2, 0.25) is 0 Å². The first-order valence-electron chi connectivity index (χ1n) is 5.38. The summed E-state index contributed by atoms with van der Waals surface area (Å²) < 4.78 is 0.